The van der Waals surface area contributed by atoms with Crippen LogP contribution in [0.25, 0.3) is 0 Å². The van der Waals surface area contributed by atoms with Gasteiger partial charge in [0.2, 0.25) is 15.9 Å². The van der Waals surface area contributed by atoms with Crippen molar-refractivity contribution in [3.8, 4) is 0 Å². The molecule has 1 amide bonds. The van der Waals surface area contributed by atoms with E-state index in [-0.39, 0.29) is 11.2 Å². The summed E-state index contributed by atoms with van der Waals surface area (Å²) >= 11 is 0. The zero-order chi connectivity index (χ0) is 16.4. The van der Waals surface area contributed by atoms with E-state index in [9.17, 15) is 13.2 Å². The molecule has 1 N–H and O–H groups in total. The quantitative estimate of drug-likeness (QED) is 0.872. The lowest BCUT2D eigenvalue weighted by Crippen LogP contribution is -2.51. The standard InChI is InChI=1S/C16H23N3O3S/c1-13-2-4-14(5-3-13)17-16(20)12-18-8-10-19(11-9-18)23(21,22)15-6-7-15/h2-5,15H,6-12H2,1H3,(H,17,20). The number of nitrogens with one attached hydrogen (secondary N) is 1. The van der Waals surface area contributed by atoms with Gasteiger partial charge in [0.05, 0.1) is 11.8 Å². The van der Waals surface area contributed by atoms with Crippen LogP contribution in [0.2, 0.25) is 0 Å². The minimum atomic E-state index is -3.09. The monoisotopic (exact) mass is 337 g/mol. The fourth-order valence-corrected chi connectivity index (χ4v) is 4.59. The van der Waals surface area contributed by atoms with Gasteiger partial charge >= 0.3 is 0 Å². The maximum atomic E-state index is 12.2. The molecule has 2 fully saturated rings. The van der Waals surface area contributed by atoms with E-state index in [2.05, 4.69) is 5.32 Å². The minimum absolute atomic E-state index is 0.0626. The molecule has 0 aromatic heterocycles. The minimum Gasteiger partial charge on any atom is -0.325 e. The van der Waals surface area contributed by atoms with Crippen LogP contribution in [0.1, 0.15) is 18.4 Å². The maximum Gasteiger partial charge on any atom is 0.238 e. The number of anilines is 1. The van der Waals surface area contributed by atoms with Gasteiger partial charge in [0.1, 0.15) is 0 Å². The van der Waals surface area contributed by atoms with Gasteiger partial charge in [-0.15, -0.1) is 0 Å². The van der Waals surface area contributed by atoms with Crippen LogP contribution in [0.4, 0.5) is 5.69 Å². The first-order chi connectivity index (χ1) is 10.9. The molecule has 1 aliphatic heterocycles. The van der Waals surface area contributed by atoms with Crippen molar-refractivity contribution in [2.45, 2.75) is 25.0 Å². The second-order valence-electron chi connectivity index (χ2n) is 6.33. The van der Waals surface area contributed by atoms with Crippen molar-refractivity contribution >= 4 is 21.6 Å². The lowest BCUT2D eigenvalue weighted by atomic mass is 10.2. The summed E-state index contributed by atoms with van der Waals surface area (Å²) in [5.41, 5.74) is 1.94. The maximum absolute atomic E-state index is 12.2. The predicted octanol–water partition coefficient (Wildman–Crippen LogP) is 1.04. The Labute approximate surface area is 137 Å². The fourth-order valence-electron chi connectivity index (χ4n) is 2.76. The Bertz CT molecular complexity index is 660. The van der Waals surface area contributed by atoms with Crippen LogP contribution in [0.5, 0.6) is 0 Å². The van der Waals surface area contributed by atoms with Gasteiger partial charge in [-0.1, -0.05) is 17.7 Å². The summed E-state index contributed by atoms with van der Waals surface area (Å²) in [6.07, 6.45) is 1.59. The highest BCUT2D eigenvalue weighted by Gasteiger charge is 2.40. The molecule has 7 heteroatoms. The van der Waals surface area contributed by atoms with Gasteiger partial charge < -0.3 is 5.32 Å². The number of benzene rings is 1. The first kappa shape index (κ1) is 16.4. The molecule has 0 spiro atoms. The average Bonchev–Trinajstić information content (AvgIpc) is 3.35. The van der Waals surface area contributed by atoms with Crippen molar-refractivity contribution in [1.29, 1.82) is 0 Å². The molecule has 0 radical (unpaired) electrons. The van der Waals surface area contributed by atoms with Gasteiger partial charge in [-0.05, 0) is 31.9 Å². The van der Waals surface area contributed by atoms with E-state index in [1.807, 2.05) is 36.1 Å². The Morgan fingerprint density at radius 1 is 1.13 bits per heavy atom. The highest BCUT2D eigenvalue weighted by atomic mass is 32.2. The number of carbonyl (C=O) groups is 1. The zero-order valence-electron chi connectivity index (χ0n) is 13.4. The third kappa shape index (κ3) is 4.10. The Balaban J connectivity index is 1.46. The molecule has 0 atom stereocenters. The molecule has 1 aromatic rings. The van der Waals surface area contributed by atoms with Crippen LogP contribution in [0, 0.1) is 6.92 Å². The molecule has 2 aliphatic rings. The van der Waals surface area contributed by atoms with E-state index in [1.165, 1.54) is 0 Å². The van der Waals surface area contributed by atoms with Crippen LogP contribution in [0.3, 0.4) is 0 Å². The molecule has 6 nitrogen and oxygen atoms in total. The fraction of sp³-hybridized carbons (Fsp3) is 0.562. The Kier molecular flexibility index (Phi) is 4.70. The Hall–Kier alpha value is -1.44. The van der Waals surface area contributed by atoms with Crippen LogP contribution in [-0.4, -0.2) is 61.5 Å². The number of aryl methyl sites for hydroxylation is 1. The summed E-state index contributed by atoms with van der Waals surface area (Å²) in [5.74, 6) is -0.0626. The SMILES string of the molecule is Cc1ccc(NC(=O)CN2CCN(S(=O)(=O)C3CC3)CC2)cc1. The Morgan fingerprint density at radius 2 is 1.74 bits per heavy atom. The molecule has 23 heavy (non-hydrogen) atoms. The third-order valence-corrected chi connectivity index (χ3v) is 6.74. The molecular weight excluding hydrogens is 314 g/mol. The van der Waals surface area contributed by atoms with Crippen LogP contribution >= 0.6 is 0 Å². The third-order valence-electron chi connectivity index (χ3n) is 4.34. The lowest BCUT2D eigenvalue weighted by molar-refractivity contribution is -0.117. The molecule has 1 saturated carbocycles. The summed E-state index contributed by atoms with van der Waals surface area (Å²) in [6, 6.07) is 7.68. The van der Waals surface area contributed by atoms with Crippen molar-refractivity contribution in [2.75, 3.05) is 38.0 Å². The zero-order valence-corrected chi connectivity index (χ0v) is 14.2. The number of piperazine rings is 1. The van der Waals surface area contributed by atoms with E-state index in [0.717, 1.165) is 24.1 Å². The van der Waals surface area contributed by atoms with Crippen molar-refractivity contribution in [3.05, 3.63) is 29.8 Å². The first-order valence-corrected chi connectivity index (χ1v) is 9.53. The summed E-state index contributed by atoms with van der Waals surface area (Å²) in [6.45, 7) is 4.47. The molecule has 3 rings (SSSR count). The average molecular weight is 337 g/mol. The number of rotatable bonds is 5. The van der Waals surface area contributed by atoms with Crippen molar-refractivity contribution < 1.29 is 13.2 Å². The predicted molar refractivity (Wildman–Crippen MR) is 89.8 cm³/mol. The normalized spacial score (nSPS) is 20.4. The van der Waals surface area contributed by atoms with Gasteiger partial charge in [-0.3, -0.25) is 9.69 Å². The highest BCUT2D eigenvalue weighted by Crippen LogP contribution is 2.31. The van der Waals surface area contributed by atoms with Gasteiger partial charge in [-0.2, -0.15) is 4.31 Å². The molecule has 0 unspecified atom stereocenters. The van der Waals surface area contributed by atoms with Gasteiger partial charge in [0.25, 0.3) is 0 Å². The van der Waals surface area contributed by atoms with E-state index in [4.69, 9.17) is 0 Å². The molecule has 1 heterocycles. The number of hydrogen-bond acceptors (Lipinski definition) is 4. The number of amides is 1. The smallest absolute Gasteiger partial charge is 0.238 e. The van der Waals surface area contributed by atoms with Crippen LogP contribution in [0.15, 0.2) is 24.3 Å². The van der Waals surface area contributed by atoms with Crippen molar-refractivity contribution in [2.24, 2.45) is 0 Å². The topological polar surface area (TPSA) is 69.7 Å². The number of carbonyl (C=O) groups excluding carboxylic acids is 1. The van der Waals surface area contributed by atoms with Gasteiger partial charge in [-0.25, -0.2) is 8.42 Å². The molecule has 1 aromatic carbocycles. The van der Waals surface area contributed by atoms with E-state index < -0.39 is 10.0 Å². The first-order valence-electron chi connectivity index (χ1n) is 8.03. The number of nitrogens with zero attached hydrogens (tertiary/aromatic N) is 2. The Morgan fingerprint density at radius 3 is 2.30 bits per heavy atom. The second-order valence-corrected chi connectivity index (χ2v) is 8.55. The summed E-state index contributed by atoms with van der Waals surface area (Å²) in [4.78, 5) is 14.1. The molecule has 126 valence electrons. The number of sulfonamides is 1. The summed E-state index contributed by atoms with van der Waals surface area (Å²) < 4.78 is 25.9. The van der Waals surface area contributed by atoms with Crippen LogP contribution in [-0.2, 0) is 14.8 Å². The summed E-state index contributed by atoms with van der Waals surface area (Å²) in [5, 5.41) is 2.72. The van der Waals surface area contributed by atoms with Crippen LogP contribution < -0.4 is 5.32 Å². The second kappa shape index (κ2) is 6.59. The molecule has 1 saturated heterocycles. The summed E-state index contributed by atoms with van der Waals surface area (Å²) in [7, 11) is -3.09. The van der Waals surface area contributed by atoms with Gasteiger partial charge in [0, 0.05) is 31.9 Å². The van der Waals surface area contributed by atoms with E-state index >= 15 is 0 Å². The largest absolute Gasteiger partial charge is 0.325 e. The number of hydrogen-bond donors (Lipinski definition) is 1. The highest BCUT2D eigenvalue weighted by molar-refractivity contribution is 7.90. The molecule has 1 aliphatic carbocycles. The van der Waals surface area contributed by atoms with E-state index in [0.29, 0.717) is 32.7 Å². The van der Waals surface area contributed by atoms with Gasteiger partial charge in [0.15, 0.2) is 0 Å². The molecule has 0 bridgehead atoms. The van der Waals surface area contributed by atoms with Crippen molar-refractivity contribution in [3.63, 3.8) is 0 Å². The molecular formula is C16H23N3O3S. The van der Waals surface area contributed by atoms with Crippen molar-refractivity contribution in [1.82, 2.24) is 9.21 Å². The van der Waals surface area contributed by atoms with E-state index in [1.54, 1.807) is 4.31 Å². The lowest BCUT2D eigenvalue weighted by Gasteiger charge is -2.33.